The number of nitrogens with zero attached hydrogens (tertiary/aromatic N) is 2. The second-order valence-electron chi connectivity index (χ2n) is 7.12. The number of aromatic amines is 1. The number of carbonyl (C=O) groups is 1. The van der Waals surface area contributed by atoms with E-state index in [1.165, 1.54) is 13.2 Å². The number of amides is 1. The van der Waals surface area contributed by atoms with Crippen LogP contribution >= 0.6 is 11.3 Å². The van der Waals surface area contributed by atoms with Gasteiger partial charge in [-0.2, -0.15) is 5.10 Å². The molecule has 1 saturated heterocycles. The minimum atomic E-state index is -1.08. The summed E-state index contributed by atoms with van der Waals surface area (Å²) in [6.07, 6.45) is 2.36. The number of H-pyrrole nitrogens is 1. The highest BCUT2D eigenvalue weighted by atomic mass is 32.1. The van der Waals surface area contributed by atoms with Crippen LogP contribution in [-0.2, 0) is 15.3 Å². The molecule has 1 aliphatic rings. The minimum Gasteiger partial charge on any atom is -0.389 e. The van der Waals surface area contributed by atoms with Crippen LogP contribution in [0.1, 0.15) is 41.1 Å². The van der Waals surface area contributed by atoms with E-state index in [0.717, 1.165) is 36.3 Å². The Balaban J connectivity index is 1.66. The number of halogens is 2. The molecule has 1 atom stereocenters. The van der Waals surface area contributed by atoms with Crippen molar-refractivity contribution in [3.63, 3.8) is 0 Å². The number of nitrogens with two attached hydrogens (primary N) is 1. The maximum absolute atomic E-state index is 14.1. The van der Waals surface area contributed by atoms with Crippen LogP contribution < -0.4 is 11.1 Å². The number of benzene rings is 1. The van der Waals surface area contributed by atoms with Gasteiger partial charge in [-0.15, -0.1) is 0 Å². The maximum atomic E-state index is 14.1. The Kier molecular flexibility index (Phi) is 5.73. The van der Waals surface area contributed by atoms with E-state index in [1.54, 1.807) is 6.92 Å². The Hall–Kier alpha value is -2.89. The number of carbonyl (C=O) groups excluding carboxylic acids is 1. The number of hydrogen-bond acceptors (Lipinski definition) is 7. The van der Waals surface area contributed by atoms with Crippen LogP contribution in [-0.4, -0.2) is 34.8 Å². The van der Waals surface area contributed by atoms with Gasteiger partial charge in [0, 0.05) is 13.5 Å². The van der Waals surface area contributed by atoms with E-state index in [9.17, 15) is 13.6 Å². The fourth-order valence-corrected chi connectivity index (χ4v) is 4.42. The molecule has 3 aromatic rings. The quantitative estimate of drug-likeness (QED) is 0.543. The second-order valence-corrected chi connectivity index (χ2v) is 8.15. The number of aromatic nitrogens is 3. The minimum absolute atomic E-state index is 0.0219. The molecule has 4 N–H and O–H groups in total. The first kappa shape index (κ1) is 21.3. The molecule has 0 spiro atoms. The highest BCUT2D eigenvalue weighted by Crippen LogP contribution is 2.40. The van der Waals surface area contributed by atoms with Gasteiger partial charge in [0.05, 0.1) is 23.6 Å². The number of rotatable bonds is 5. The van der Waals surface area contributed by atoms with Crippen LogP contribution in [0, 0.1) is 18.6 Å². The van der Waals surface area contributed by atoms with Crippen LogP contribution in [0.15, 0.2) is 18.2 Å². The molecule has 4 rings (SSSR count). The van der Waals surface area contributed by atoms with E-state index < -0.39 is 23.3 Å². The zero-order valence-electron chi connectivity index (χ0n) is 16.9. The summed E-state index contributed by atoms with van der Waals surface area (Å²) in [5, 5.41) is 9.89. The number of nitrogens with one attached hydrogen (secondary N) is 2. The summed E-state index contributed by atoms with van der Waals surface area (Å²) in [7, 11) is 1.52. The predicted octanol–water partition coefficient (Wildman–Crippen LogP) is 3.95. The largest absolute Gasteiger partial charge is 0.389 e. The molecule has 0 saturated carbocycles. The molecular weight excluding hydrogens is 428 g/mol. The third kappa shape index (κ3) is 3.80. The van der Waals surface area contributed by atoms with E-state index in [4.69, 9.17) is 15.2 Å². The number of methoxy groups -OCH3 is 1. The average molecular weight is 449 g/mol. The molecule has 164 valence electrons. The van der Waals surface area contributed by atoms with E-state index >= 15 is 0 Å². The average Bonchev–Trinajstić information content (AvgIpc) is 3.31. The molecule has 1 unspecified atom stereocenters. The van der Waals surface area contributed by atoms with Crippen molar-refractivity contribution >= 4 is 27.9 Å². The first-order chi connectivity index (χ1) is 14.9. The van der Waals surface area contributed by atoms with Gasteiger partial charge in [-0.1, -0.05) is 17.4 Å². The normalized spacial score (nSPS) is 18.8. The zero-order valence-corrected chi connectivity index (χ0v) is 17.7. The zero-order chi connectivity index (χ0) is 22.2. The Morgan fingerprint density at radius 1 is 1.35 bits per heavy atom. The van der Waals surface area contributed by atoms with Crippen LogP contribution in [0.2, 0.25) is 0 Å². The number of thiazole rings is 1. The van der Waals surface area contributed by atoms with E-state index in [0.29, 0.717) is 30.1 Å². The van der Waals surface area contributed by atoms with Gasteiger partial charge in [0.15, 0.2) is 5.69 Å². The maximum Gasteiger partial charge on any atom is 0.277 e. The van der Waals surface area contributed by atoms with Crippen LogP contribution in [0.5, 0.6) is 0 Å². The van der Waals surface area contributed by atoms with Crippen molar-refractivity contribution in [2.75, 3.05) is 24.8 Å². The Morgan fingerprint density at radius 2 is 2.10 bits per heavy atom. The van der Waals surface area contributed by atoms with Crippen molar-refractivity contribution in [2.45, 2.75) is 32.0 Å². The van der Waals surface area contributed by atoms with Gasteiger partial charge in [-0.3, -0.25) is 9.89 Å². The van der Waals surface area contributed by atoms with Crippen LogP contribution in [0.3, 0.4) is 0 Å². The molecule has 11 heteroatoms. The number of aryl methyl sites for hydroxylation is 1. The molecule has 31 heavy (non-hydrogen) atoms. The first-order valence-corrected chi connectivity index (χ1v) is 10.4. The number of nitrogen functional groups attached to an aromatic ring is 1. The van der Waals surface area contributed by atoms with Gasteiger partial charge in [-0.05, 0) is 31.9 Å². The van der Waals surface area contributed by atoms with Gasteiger partial charge in [0.1, 0.15) is 27.3 Å². The molecular formula is C20H21F2N5O3S. The highest BCUT2D eigenvalue weighted by Gasteiger charge is 2.41. The van der Waals surface area contributed by atoms with E-state index in [2.05, 4.69) is 20.5 Å². The van der Waals surface area contributed by atoms with Crippen molar-refractivity contribution < 1.29 is 23.0 Å². The molecule has 3 heterocycles. The Bertz CT molecular complexity index is 1100. The lowest BCUT2D eigenvalue weighted by Crippen LogP contribution is -2.37. The molecule has 0 bridgehead atoms. The summed E-state index contributed by atoms with van der Waals surface area (Å²) in [5.41, 5.74) is 6.88. The van der Waals surface area contributed by atoms with Gasteiger partial charge >= 0.3 is 0 Å². The lowest BCUT2D eigenvalue weighted by atomic mass is 10.0. The third-order valence-electron chi connectivity index (χ3n) is 5.16. The predicted molar refractivity (Wildman–Crippen MR) is 112 cm³/mol. The topological polar surface area (TPSA) is 115 Å². The summed E-state index contributed by atoms with van der Waals surface area (Å²) < 4.78 is 39.8. The Morgan fingerprint density at radius 3 is 2.74 bits per heavy atom. The second kappa shape index (κ2) is 8.33. The first-order valence-electron chi connectivity index (χ1n) is 9.63. The molecule has 0 radical (unpaired) electrons. The third-order valence-corrected chi connectivity index (χ3v) is 6.06. The smallest absolute Gasteiger partial charge is 0.277 e. The van der Waals surface area contributed by atoms with Gasteiger partial charge in [0.2, 0.25) is 5.79 Å². The fraction of sp³-hybridized carbons (Fsp3) is 0.350. The van der Waals surface area contributed by atoms with Crippen LogP contribution in [0.25, 0.3) is 10.6 Å². The highest BCUT2D eigenvalue weighted by molar-refractivity contribution is 7.19. The van der Waals surface area contributed by atoms with Crippen molar-refractivity contribution in [1.29, 1.82) is 0 Å². The van der Waals surface area contributed by atoms with E-state index in [-0.39, 0.29) is 21.3 Å². The van der Waals surface area contributed by atoms with Crippen molar-refractivity contribution in [1.82, 2.24) is 15.2 Å². The molecule has 1 aromatic carbocycles. The molecule has 0 aliphatic carbocycles. The standard InChI is InChI=1S/C20H21F2N5O3S/c1-10-14(16(27-26-10)20(29-2)8-3-4-9-30-20)24-18(28)15-17(23)31-19(25-15)13-11(21)6-5-7-12(13)22/h5-7H,3-4,8-9,23H2,1-2H3,(H,24,28)(H,26,27). The Labute approximate surface area is 180 Å². The van der Waals surface area contributed by atoms with Crippen LogP contribution in [0.4, 0.5) is 19.5 Å². The number of anilines is 2. The molecule has 1 amide bonds. The summed E-state index contributed by atoms with van der Waals surface area (Å²) >= 11 is 0.830. The summed E-state index contributed by atoms with van der Waals surface area (Å²) in [6, 6.07) is 3.48. The number of hydrogen-bond donors (Lipinski definition) is 3. The number of ether oxygens (including phenoxy) is 2. The van der Waals surface area contributed by atoms with Gasteiger partial charge in [0.25, 0.3) is 5.91 Å². The van der Waals surface area contributed by atoms with Crippen molar-refractivity contribution in [2.24, 2.45) is 0 Å². The SMILES string of the molecule is COC1(c2n[nH]c(C)c2NC(=O)c2nc(-c3c(F)cccc3F)sc2N)CCCCO1. The van der Waals surface area contributed by atoms with Gasteiger partial charge in [-0.25, -0.2) is 13.8 Å². The molecule has 2 aromatic heterocycles. The summed E-state index contributed by atoms with van der Waals surface area (Å²) in [4.78, 5) is 17.1. The monoisotopic (exact) mass is 449 g/mol. The lowest BCUT2D eigenvalue weighted by molar-refractivity contribution is -0.253. The van der Waals surface area contributed by atoms with Gasteiger partial charge < -0.3 is 20.5 Å². The summed E-state index contributed by atoms with van der Waals surface area (Å²) in [5.74, 6) is -3.29. The molecule has 1 fully saturated rings. The molecule has 1 aliphatic heterocycles. The molecule has 8 nitrogen and oxygen atoms in total. The van der Waals surface area contributed by atoms with E-state index in [1.807, 2.05) is 0 Å². The van der Waals surface area contributed by atoms with Crippen molar-refractivity contribution in [3.05, 3.63) is 46.9 Å². The fourth-order valence-electron chi connectivity index (χ4n) is 3.55. The summed E-state index contributed by atoms with van der Waals surface area (Å²) in [6.45, 7) is 2.24. The lowest BCUT2D eigenvalue weighted by Gasteiger charge is -2.34. The van der Waals surface area contributed by atoms with Crippen molar-refractivity contribution in [3.8, 4) is 10.6 Å².